The molecule has 1 fully saturated rings. The molecule has 1 aliphatic heterocycles. The third kappa shape index (κ3) is 2.08. The molecule has 0 saturated carbocycles. The second kappa shape index (κ2) is 3.89. The van der Waals surface area contributed by atoms with Crippen molar-refractivity contribution in [1.82, 2.24) is 5.32 Å². The van der Waals surface area contributed by atoms with Crippen molar-refractivity contribution in [2.75, 3.05) is 11.9 Å². The summed E-state index contributed by atoms with van der Waals surface area (Å²) in [6.07, 6.45) is 2.06. The Kier molecular flexibility index (Phi) is 2.61. The molecule has 0 spiro atoms. The molecule has 2 rings (SSSR count). The normalized spacial score (nSPS) is 21.7. The largest absolute Gasteiger partial charge is 0.316 e. The summed E-state index contributed by atoms with van der Waals surface area (Å²) in [7, 11) is 0. The van der Waals surface area contributed by atoms with Crippen molar-refractivity contribution in [3.63, 3.8) is 0 Å². The van der Waals surface area contributed by atoms with E-state index in [9.17, 15) is 4.79 Å². The molecular weight excluding hydrogens is 184 g/mol. The van der Waals surface area contributed by atoms with Gasteiger partial charge in [0.1, 0.15) is 0 Å². The highest BCUT2D eigenvalue weighted by Crippen LogP contribution is 2.16. The molecule has 70 valence electrons. The third-order valence-corrected chi connectivity index (χ3v) is 2.93. The molecule has 1 atom stereocenters. The van der Waals surface area contributed by atoms with Gasteiger partial charge < -0.3 is 10.6 Å². The lowest BCUT2D eigenvalue weighted by molar-refractivity contribution is -0.117. The van der Waals surface area contributed by atoms with Crippen LogP contribution >= 0.6 is 11.3 Å². The smallest absolute Gasteiger partial charge is 0.242 e. The van der Waals surface area contributed by atoms with Crippen LogP contribution in [0.25, 0.3) is 0 Å². The van der Waals surface area contributed by atoms with E-state index in [2.05, 4.69) is 10.6 Å². The second-order valence-corrected chi connectivity index (χ2v) is 4.06. The maximum Gasteiger partial charge on any atom is 0.242 e. The Bertz CT molecular complexity index is 278. The number of carbonyl (C=O) groups excluding carboxylic acids is 1. The van der Waals surface area contributed by atoms with Gasteiger partial charge in [0.15, 0.2) is 0 Å². The lowest BCUT2D eigenvalue weighted by atomic mass is 10.2. The first-order chi connectivity index (χ1) is 6.36. The maximum absolute atomic E-state index is 11.5. The Morgan fingerprint density at radius 3 is 3.23 bits per heavy atom. The Labute approximate surface area is 81.2 Å². The zero-order valence-corrected chi connectivity index (χ0v) is 8.06. The Morgan fingerprint density at radius 2 is 2.62 bits per heavy atom. The van der Waals surface area contributed by atoms with Crippen LogP contribution < -0.4 is 10.6 Å². The minimum Gasteiger partial charge on any atom is -0.316 e. The number of thiophene rings is 1. The minimum absolute atomic E-state index is 0.0158. The molecule has 2 N–H and O–H groups in total. The van der Waals surface area contributed by atoms with Crippen molar-refractivity contribution >= 4 is 22.2 Å². The number of carbonyl (C=O) groups is 1. The van der Waals surface area contributed by atoms with Crippen molar-refractivity contribution in [2.24, 2.45) is 0 Å². The van der Waals surface area contributed by atoms with Crippen molar-refractivity contribution in [1.29, 1.82) is 0 Å². The lowest BCUT2D eigenvalue weighted by Crippen LogP contribution is -2.35. The van der Waals surface area contributed by atoms with Crippen molar-refractivity contribution in [3.05, 3.63) is 17.5 Å². The number of anilines is 1. The summed E-state index contributed by atoms with van der Waals surface area (Å²) in [5.41, 5.74) is 0. The van der Waals surface area contributed by atoms with Crippen LogP contribution in [0.2, 0.25) is 0 Å². The van der Waals surface area contributed by atoms with E-state index in [0.29, 0.717) is 0 Å². The maximum atomic E-state index is 11.5. The topological polar surface area (TPSA) is 41.1 Å². The fraction of sp³-hybridized carbons (Fsp3) is 0.444. The predicted molar refractivity (Wildman–Crippen MR) is 54.0 cm³/mol. The average Bonchev–Trinajstić information content (AvgIpc) is 2.74. The molecule has 1 aromatic heterocycles. The monoisotopic (exact) mass is 196 g/mol. The first kappa shape index (κ1) is 8.72. The van der Waals surface area contributed by atoms with E-state index in [4.69, 9.17) is 0 Å². The molecule has 3 nitrogen and oxygen atoms in total. The molecule has 0 bridgehead atoms. The summed E-state index contributed by atoms with van der Waals surface area (Å²) in [5.74, 6) is 0.0972. The van der Waals surface area contributed by atoms with Crippen LogP contribution in [0.1, 0.15) is 12.8 Å². The summed E-state index contributed by atoms with van der Waals surface area (Å²) in [4.78, 5) is 11.5. The molecule has 1 unspecified atom stereocenters. The molecule has 1 aliphatic rings. The molecule has 0 aliphatic carbocycles. The summed E-state index contributed by atoms with van der Waals surface area (Å²) in [5, 5.41) is 8.93. The highest BCUT2D eigenvalue weighted by Gasteiger charge is 2.21. The van der Waals surface area contributed by atoms with Gasteiger partial charge in [-0.3, -0.25) is 4.79 Å². The molecular formula is C9H12N2OS. The van der Waals surface area contributed by atoms with Gasteiger partial charge in [0.2, 0.25) is 5.91 Å². The summed E-state index contributed by atoms with van der Waals surface area (Å²) in [6, 6.07) is 3.86. The van der Waals surface area contributed by atoms with Gasteiger partial charge >= 0.3 is 0 Å². The SMILES string of the molecule is O=C(Nc1cccs1)C1CCCN1. The van der Waals surface area contributed by atoms with Gasteiger partial charge in [-0.2, -0.15) is 0 Å². The Hall–Kier alpha value is -0.870. The number of nitrogens with one attached hydrogen (secondary N) is 2. The fourth-order valence-electron chi connectivity index (χ4n) is 1.47. The molecule has 2 heterocycles. The number of amides is 1. The summed E-state index contributed by atoms with van der Waals surface area (Å²) >= 11 is 1.55. The molecule has 1 amide bonds. The van der Waals surface area contributed by atoms with Crippen LogP contribution in [0.5, 0.6) is 0 Å². The first-order valence-corrected chi connectivity index (χ1v) is 5.32. The van der Waals surface area contributed by atoms with Gasteiger partial charge in [-0.25, -0.2) is 0 Å². The van der Waals surface area contributed by atoms with E-state index in [-0.39, 0.29) is 11.9 Å². The van der Waals surface area contributed by atoms with E-state index in [1.807, 2.05) is 17.5 Å². The third-order valence-electron chi connectivity index (χ3n) is 2.14. The van der Waals surface area contributed by atoms with E-state index in [1.165, 1.54) is 0 Å². The van der Waals surface area contributed by atoms with E-state index >= 15 is 0 Å². The van der Waals surface area contributed by atoms with Gasteiger partial charge in [-0.15, -0.1) is 11.3 Å². The van der Waals surface area contributed by atoms with E-state index in [0.717, 1.165) is 24.4 Å². The zero-order chi connectivity index (χ0) is 9.10. The van der Waals surface area contributed by atoms with Gasteiger partial charge in [0, 0.05) is 0 Å². The van der Waals surface area contributed by atoms with Crippen LogP contribution in [0, 0.1) is 0 Å². The fourth-order valence-corrected chi connectivity index (χ4v) is 2.09. The van der Waals surface area contributed by atoms with Gasteiger partial charge in [-0.1, -0.05) is 0 Å². The molecule has 0 aromatic carbocycles. The van der Waals surface area contributed by atoms with Crippen LogP contribution in [0.3, 0.4) is 0 Å². The van der Waals surface area contributed by atoms with Crippen LogP contribution in [-0.2, 0) is 4.79 Å². The summed E-state index contributed by atoms with van der Waals surface area (Å²) in [6.45, 7) is 0.961. The molecule has 1 saturated heterocycles. The van der Waals surface area contributed by atoms with Crippen molar-refractivity contribution < 1.29 is 4.79 Å². The van der Waals surface area contributed by atoms with Gasteiger partial charge in [-0.05, 0) is 36.9 Å². The van der Waals surface area contributed by atoms with Crippen LogP contribution in [-0.4, -0.2) is 18.5 Å². The number of rotatable bonds is 2. The summed E-state index contributed by atoms with van der Waals surface area (Å²) < 4.78 is 0. The molecule has 13 heavy (non-hydrogen) atoms. The standard InChI is InChI=1S/C9H12N2OS/c12-9(7-3-1-5-10-7)11-8-4-2-6-13-8/h2,4,6-7,10H,1,3,5H2,(H,11,12). The van der Waals surface area contributed by atoms with Gasteiger partial charge in [0.25, 0.3) is 0 Å². The number of hydrogen-bond donors (Lipinski definition) is 2. The predicted octanol–water partition coefficient (Wildman–Crippen LogP) is 1.44. The second-order valence-electron chi connectivity index (χ2n) is 3.12. The van der Waals surface area contributed by atoms with Crippen molar-refractivity contribution in [3.8, 4) is 0 Å². The first-order valence-electron chi connectivity index (χ1n) is 4.44. The Morgan fingerprint density at radius 1 is 1.69 bits per heavy atom. The Balaban J connectivity index is 1.91. The lowest BCUT2D eigenvalue weighted by Gasteiger charge is -2.08. The van der Waals surface area contributed by atoms with Crippen molar-refractivity contribution in [2.45, 2.75) is 18.9 Å². The molecule has 1 aromatic rings. The quantitative estimate of drug-likeness (QED) is 0.751. The van der Waals surface area contributed by atoms with Crippen LogP contribution in [0.15, 0.2) is 17.5 Å². The van der Waals surface area contributed by atoms with Gasteiger partial charge in [0.05, 0.1) is 11.0 Å². The molecule has 4 heteroatoms. The highest BCUT2D eigenvalue weighted by molar-refractivity contribution is 7.14. The van der Waals surface area contributed by atoms with E-state index in [1.54, 1.807) is 11.3 Å². The van der Waals surface area contributed by atoms with Crippen LogP contribution in [0.4, 0.5) is 5.00 Å². The van der Waals surface area contributed by atoms with E-state index < -0.39 is 0 Å². The number of hydrogen-bond acceptors (Lipinski definition) is 3. The zero-order valence-electron chi connectivity index (χ0n) is 7.25. The minimum atomic E-state index is 0.0158. The highest BCUT2D eigenvalue weighted by atomic mass is 32.1. The average molecular weight is 196 g/mol. The molecule has 0 radical (unpaired) electrons.